The SMILES string of the molecule is COc1ccc(-c2ccc(/C=C3\SC(S)N(C4CCCCC4)C3=O)o2)c(F)c1F. The highest BCUT2D eigenvalue weighted by atomic mass is 32.2. The molecule has 4 rings (SSSR count). The molecule has 1 amide bonds. The maximum Gasteiger partial charge on any atom is 0.262 e. The Morgan fingerprint density at radius 3 is 2.66 bits per heavy atom. The molecule has 4 nitrogen and oxygen atoms in total. The highest BCUT2D eigenvalue weighted by Gasteiger charge is 2.39. The third-order valence-electron chi connectivity index (χ3n) is 5.32. The number of thioether (sulfide) groups is 1. The fourth-order valence-electron chi connectivity index (χ4n) is 3.83. The Morgan fingerprint density at radius 1 is 1.17 bits per heavy atom. The minimum Gasteiger partial charge on any atom is -0.494 e. The average molecular weight is 438 g/mol. The smallest absolute Gasteiger partial charge is 0.262 e. The van der Waals surface area contributed by atoms with Gasteiger partial charge >= 0.3 is 0 Å². The van der Waals surface area contributed by atoms with E-state index in [1.165, 1.54) is 37.4 Å². The first-order chi connectivity index (χ1) is 14.0. The van der Waals surface area contributed by atoms with Crippen molar-refractivity contribution < 1.29 is 22.7 Å². The zero-order chi connectivity index (χ0) is 20.5. The van der Waals surface area contributed by atoms with Crippen LogP contribution in [0.15, 0.2) is 33.6 Å². The molecule has 1 unspecified atom stereocenters. The maximum absolute atomic E-state index is 14.3. The van der Waals surface area contributed by atoms with E-state index >= 15 is 0 Å². The van der Waals surface area contributed by atoms with Crippen molar-refractivity contribution >= 4 is 36.4 Å². The van der Waals surface area contributed by atoms with Gasteiger partial charge in [0, 0.05) is 12.1 Å². The summed E-state index contributed by atoms with van der Waals surface area (Å²) in [6, 6.07) is 6.16. The first kappa shape index (κ1) is 20.3. The number of carbonyl (C=O) groups is 1. The van der Waals surface area contributed by atoms with Crippen molar-refractivity contribution in [3.8, 4) is 17.1 Å². The zero-order valence-corrected chi connectivity index (χ0v) is 17.6. The predicted octanol–water partition coefficient (Wildman–Crippen LogP) is 5.70. The Bertz CT molecular complexity index is 953. The van der Waals surface area contributed by atoms with Crippen molar-refractivity contribution in [3.05, 3.63) is 46.6 Å². The van der Waals surface area contributed by atoms with Gasteiger partial charge in [-0.05, 0) is 37.1 Å². The number of thiol groups is 1. The molecule has 2 heterocycles. The van der Waals surface area contributed by atoms with Crippen molar-refractivity contribution in [1.29, 1.82) is 0 Å². The molecule has 1 aliphatic heterocycles. The minimum absolute atomic E-state index is 0.00532. The molecular formula is C21H21F2NO3S2. The largest absolute Gasteiger partial charge is 0.494 e. The van der Waals surface area contributed by atoms with E-state index in [9.17, 15) is 13.6 Å². The molecule has 1 aromatic carbocycles. The fourth-order valence-corrected chi connectivity index (χ4v) is 5.47. The maximum atomic E-state index is 14.3. The zero-order valence-electron chi connectivity index (χ0n) is 15.9. The molecule has 1 aromatic heterocycles. The van der Waals surface area contributed by atoms with Gasteiger partial charge in [0.05, 0.1) is 17.6 Å². The molecule has 8 heteroatoms. The van der Waals surface area contributed by atoms with E-state index in [0.29, 0.717) is 10.7 Å². The van der Waals surface area contributed by atoms with Crippen LogP contribution in [0.3, 0.4) is 0 Å². The number of halogens is 2. The third-order valence-corrected chi connectivity index (χ3v) is 6.87. The van der Waals surface area contributed by atoms with Crippen molar-refractivity contribution in [2.24, 2.45) is 0 Å². The molecule has 0 spiro atoms. The summed E-state index contributed by atoms with van der Waals surface area (Å²) in [6.45, 7) is 0. The summed E-state index contributed by atoms with van der Waals surface area (Å²) in [4.78, 5) is 15.3. The number of hydrogen-bond acceptors (Lipinski definition) is 5. The molecule has 29 heavy (non-hydrogen) atoms. The average Bonchev–Trinajstić information content (AvgIpc) is 3.29. The second-order valence-corrected chi connectivity index (χ2v) is 9.06. The summed E-state index contributed by atoms with van der Waals surface area (Å²) in [5.41, 5.74) is -0.00532. The van der Waals surface area contributed by atoms with Gasteiger partial charge in [-0.3, -0.25) is 4.79 Å². The van der Waals surface area contributed by atoms with Gasteiger partial charge in [0.15, 0.2) is 11.6 Å². The van der Waals surface area contributed by atoms with Crippen molar-refractivity contribution in [2.45, 2.75) is 42.9 Å². The van der Waals surface area contributed by atoms with Gasteiger partial charge in [-0.1, -0.05) is 31.0 Å². The quantitative estimate of drug-likeness (QED) is 0.493. The number of amides is 1. The molecule has 154 valence electrons. The molecule has 1 atom stereocenters. The number of hydrogen-bond donors (Lipinski definition) is 1. The standard InChI is InChI=1S/C21H21F2NO3S2/c1-26-16-10-8-14(18(22)19(16)23)15-9-7-13(27-15)11-17-20(25)24(21(28)29-17)12-5-3-2-4-6-12/h7-12,21,28H,2-6H2,1H3/b17-11-. The number of rotatable bonds is 4. The van der Waals surface area contributed by atoms with E-state index in [1.54, 1.807) is 18.2 Å². The second-order valence-electron chi connectivity index (χ2n) is 7.10. The Balaban J connectivity index is 1.57. The summed E-state index contributed by atoms with van der Waals surface area (Å²) >= 11 is 5.96. The summed E-state index contributed by atoms with van der Waals surface area (Å²) < 4.78 is 38.5. The lowest BCUT2D eigenvalue weighted by atomic mass is 9.94. The monoisotopic (exact) mass is 437 g/mol. The van der Waals surface area contributed by atoms with Crippen LogP contribution in [-0.4, -0.2) is 28.7 Å². The summed E-state index contributed by atoms with van der Waals surface area (Å²) in [5.74, 6) is -1.75. The Labute approximate surface area is 177 Å². The van der Waals surface area contributed by atoms with Crippen LogP contribution in [0.4, 0.5) is 8.78 Å². The van der Waals surface area contributed by atoms with E-state index in [4.69, 9.17) is 9.15 Å². The van der Waals surface area contributed by atoms with E-state index < -0.39 is 11.6 Å². The van der Waals surface area contributed by atoms with Crippen LogP contribution in [-0.2, 0) is 4.79 Å². The van der Waals surface area contributed by atoms with Crippen LogP contribution in [0.25, 0.3) is 17.4 Å². The third kappa shape index (κ3) is 3.92. The van der Waals surface area contributed by atoms with Gasteiger partial charge in [0.25, 0.3) is 5.91 Å². The minimum atomic E-state index is -1.07. The van der Waals surface area contributed by atoms with Crippen molar-refractivity contribution in [1.82, 2.24) is 4.90 Å². The molecule has 1 saturated carbocycles. The summed E-state index contributed by atoms with van der Waals surface area (Å²) in [5, 5.41) is 0. The Morgan fingerprint density at radius 2 is 1.93 bits per heavy atom. The van der Waals surface area contributed by atoms with Crippen LogP contribution >= 0.6 is 24.4 Å². The number of furan rings is 1. The number of methoxy groups -OCH3 is 1. The first-order valence-corrected chi connectivity index (χ1v) is 10.9. The highest BCUT2D eigenvalue weighted by molar-refractivity contribution is 8.14. The topological polar surface area (TPSA) is 42.7 Å². The van der Waals surface area contributed by atoms with E-state index in [-0.39, 0.29) is 33.7 Å². The molecule has 0 bridgehead atoms. The normalized spacial score (nSPS) is 21.9. The van der Waals surface area contributed by atoms with E-state index in [1.807, 2.05) is 4.90 Å². The number of carbonyl (C=O) groups excluding carboxylic acids is 1. The van der Waals surface area contributed by atoms with Crippen LogP contribution in [0.1, 0.15) is 37.9 Å². The lowest BCUT2D eigenvalue weighted by molar-refractivity contribution is -0.127. The van der Waals surface area contributed by atoms with Crippen LogP contribution in [0.2, 0.25) is 0 Å². The van der Waals surface area contributed by atoms with Gasteiger partial charge in [0.1, 0.15) is 16.2 Å². The number of benzene rings is 1. The van der Waals surface area contributed by atoms with Crippen LogP contribution in [0, 0.1) is 11.6 Å². The summed E-state index contributed by atoms with van der Waals surface area (Å²) in [6.07, 6.45) is 7.12. The van der Waals surface area contributed by atoms with E-state index in [0.717, 1.165) is 25.7 Å². The molecule has 1 aliphatic carbocycles. The van der Waals surface area contributed by atoms with Gasteiger partial charge in [-0.25, -0.2) is 4.39 Å². The van der Waals surface area contributed by atoms with Crippen molar-refractivity contribution in [2.75, 3.05) is 7.11 Å². The second kappa shape index (κ2) is 8.44. The highest BCUT2D eigenvalue weighted by Crippen LogP contribution is 2.42. The van der Waals surface area contributed by atoms with E-state index in [2.05, 4.69) is 12.6 Å². The van der Waals surface area contributed by atoms with Gasteiger partial charge in [0.2, 0.25) is 5.82 Å². The Kier molecular flexibility index (Phi) is 5.92. The lowest BCUT2D eigenvalue weighted by Crippen LogP contribution is -2.40. The molecule has 2 aromatic rings. The molecule has 0 N–H and O–H groups in total. The lowest BCUT2D eigenvalue weighted by Gasteiger charge is -2.32. The van der Waals surface area contributed by atoms with Gasteiger partial charge in [-0.2, -0.15) is 4.39 Å². The fraction of sp³-hybridized carbons (Fsp3) is 0.381. The first-order valence-electron chi connectivity index (χ1n) is 9.51. The van der Waals surface area contributed by atoms with Gasteiger partial charge < -0.3 is 14.1 Å². The molecule has 0 radical (unpaired) electrons. The van der Waals surface area contributed by atoms with Crippen LogP contribution in [0.5, 0.6) is 5.75 Å². The number of nitrogens with zero attached hydrogens (tertiary/aromatic N) is 1. The molecule has 2 aliphatic rings. The van der Waals surface area contributed by atoms with Crippen molar-refractivity contribution in [3.63, 3.8) is 0 Å². The Hall–Kier alpha value is -1.93. The predicted molar refractivity (Wildman–Crippen MR) is 113 cm³/mol. The van der Waals surface area contributed by atoms with Crippen LogP contribution < -0.4 is 4.74 Å². The number of ether oxygens (including phenoxy) is 1. The molecular weight excluding hydrogens is 416 g/mol. The molecule has 2 fully saturated rings. The summed E-state index contributed by atoms with van der Waals surface area (Å²) in [7, 11) is 1.27. The molecule has 1 saturated heterocycles. The van der Waals surface area contributed by atoms with Gasteiger partial charge in [-0.15, -0.1) is 12.6 Å².